The van der Waals surface area contributed by atoms with Crippen molar-refractivity contribution in [1.29, 1.82) is 0 Å². The zero-order chi connectivity index (χ0) is 19.7. The number of hydrogen-bond donors (Lipinski definition) is 0. The highest BCUT2D eigenvalue weighted by molar-refractivity contribution is 5.78. The molecule has 4 rings (SSSR count). The number of hydrogen-bond acceptors (Lipinski definition) is 6. The molecule has 0 aliphatic carbocycles. The van der Waals surface area contributed by atoms with Gasteiger partial charge in [0.1, 0.15) is 17.4 Å². The minimum Gasteiger partial charge on any atom is -0.361 e. The Morgan fingerprint density at radius 3 is 2.68 bits per heavy atom. The summed E-state index contributed by atoms with van der Waals surface area (Å²) in [6.07, 6.45) is 5.78. The lowest BCUT2D eigenvalue weighted by Gasteiger charge is -2.31. The monoisotopic (exact) mass is 383 g/mol. The van der Waals surface area contributed by atoms with Crippen LogP contribution in [0.5, 0.6) is 0 Å². The molecule has 148 valence electrons. The van der Waals surface area contributed by atoms with Crippen molar-refractivity contribution < 1.29 is 9.32 Å². The van der Waals surface area contributed by atoms with Crippen LogP contribution in [-0.4, -0.2) is 53.4 Å². The van der Waals surface area contributed by atoms with Gasteiger partial charge in [-0.05, 0) is 26.7 Å². The molecular weight excluding hydrogens is 358 g/mol. The summed E-state index contributed by atoms with van der Waals surface area (Å²) in [5.41, 5.74) is 0.797. The maximum absolute atomic E-state index is 12.5. The molecule has 28 heavy (non-hydrogen) atoms. The molecule has 1 amide bonds. The highest BCUT2D eigenvalue weighted by Gasteiger charge is 2.28. The molecule has 3 aromatic rings. The molecule has 0 radical (unpaired) electrons. The number of amides is 1. The van der Waals surface area contributed by atoms with Gasteiger partial charge in [0.2, 0.25) is 5.91 Å². The molecular formula is C19H25N7O2. The first-order chi connectivity index (χ1) is 13.5. The van der Waals surface area contributed by atoms with Gasteiger partial charge in [0, 0.05) is 44.5 Å². The van der Waals surface area contributed by atoms with E-state index in [2.05, 4.69) is 29.5 Å². The van der Waals surface area contributed by atoms with Crippen LogP contribution in [0.15, 0.2) is 23.0 Å². The minimum atomic E-state index is 0.0869. The van der Waals surface area contributed by atoms with E-state index in [-0.39, 0.29) is 12.3 Å². The molecule has 1 aliphatic rings. The third-order valence-corrected chi connectivity index (χ3v) is 5.45. The van der Waals surface area contributed by atoms with E-state index in [9.17, 15) is 4.79 Å². The van der Waals surface area contributed by atoms with Gasteiger partial charge in [-0.25, -0.2) is 4.98 Å². The Hall–Kier alpha value is -2.97. The van der Waals surface area contributed by atoms with Crippen molar-refractivity contribution >= 4 is 5.91 Å². The van der Waals surface area contributed by atoms with Crippen molar-refractivity contribution in [2.24, 2.45) is 7.05 Å². The quantitative estimate of drug-likeness (QED) is 0.664. The largest absolute Gasteiger partial charge is 0.361 e. The number of aryl methyl sites for hydroxylation is 2. The molecule has 0 saturated carbocycles. The first-order valence-electron chi connectivity index (χ1n) is 9.57. The Morgan fingerprint density at radius 1 is 1.25 bits per heavy atom. The van der Waals surface area contributed by atoms with E-state index in [4.69, 9.17) is 4.52 Å². The summed E-state index contributed by atoms with van der Waals surface area (Å²) in [6, 6.07) is 1.81. The topological polar surface area (TPSA) is 94.9 Å². The van der Waals surface area contributed by atoms with Crippen molar-refractivity contribution in [2.75, 3.05) is 13.1 Å². The number of carbonyl (C=O) groups excluding carboxylic acids is 1. The third-order valence-electron chi connectivity index (χ3n) is 5.45. The van der Waals surface area contributed by atoms with E-state index in [1.807, 2.05) is 38.1 Å². The molecule has 1 saturated heterocycles. The van der Waals surface area contributed by atoms with E-state index in [1.54, 1.807) is 6.20 Å². The first-order valence-corrected chi connectivity index (χ1v) is 9.57. The van der Waals surface area contributed by atoms with Gasteiger partial charge in [0.15, 0.2) is 5.82 Å². The highest BCUT2D eigenvalue weighted by atomic mass is 16.5. The lowest BCUT2D eigenvalue weighted by Crippen LogP contribution is -2.39. The second-order valence-electron chi connectivity index (χ2n) is 7.40. The maximum Gasteiger partial charge on any atom is 0.230 e. The Bertz CT molecular complexity index is 963. The molecule has 9 heteroatoms. The fourth-order valence-electron chi connectivity index (χ4n) is 3.74. The standard InChI is InChI=1S/C19H25N7O2/c1-13-10-16(28-23-13)11-18(27)25-7-4-15(5-8-25)19-22-21-17(24(19)3)12-26-9-6-20-14(26)2/h6,9-10,15H,4-5,7-8,11-12H2,1-3H3. The average Bonchev–Trinajstić information content (AvgIpc) is 3.38. The smallest absolute Gasteiger partial charge is 0.230 e. The summed E-state index contributed by atoms with van der Waals surface area (Å²) in [6.45, 7) is 5.93. The Balaban J connectivity index is 1.36. The number of imidazole rings is 1. The maximum atomic E-state index is 12.5. The number of piperidine rings is 1. The minimum absolute atomic E-state index is 0.0869. The van der Waals surface area contributed by atoms with Crippen LogP contribution in [0.4, 0.5) is 0 Å². The van der Waals surface area contributed by atoms with Crippen molar-refractivity contribution in [2.45, 2.75) is 45.6 Å². The van der Waals surface area contributed by atoms with Gasteiger partial charge >= 0.3 is 0 Å². The van der Waals surface area contributed by atoms with E-state index in [0.29, 0.717) is 18.2 Å². The molecule has 4 heterocycles. The molecule has 0 atom stereocenters. The van der Waals surface area contributed by atoms with Gasteiger partial charge in [-0.1, -0.05) is 5.16 Å². The number of rotatable bonds is 5. The predicted molar refractivity (Wildman–Crippen MR) is 101 cm³/mol. The fraction of sp³-hybridized carbons (Fsp3) is 0.526. The molecule has 0 aromatic carbocycles. The summed E-state index contributed by atoms with van der Waals surface area (Å²) in [4.78, 5) is 18.7. The van der Waals surface area contributed by atoms with Crippen LogP contribution in [0.2, 0.25) is 0 Å². The van der Waals surface area contributed by atoms with Crippen LogP contribution in [-0.2, 0) is 24.8 Å². The summed E-state index contributed by atoms with van der Waals surface area (Å²) < 4.78 is 9.30. The Labute approximate surface area is 163 Å². The fourth-order valence-corrected chi connectivity index (χ4v) is 3.74. The molecule has 0 spiro atoms. The number of likely N-dealkylation sites (tertiary alicyclic amines) is 1. The average molecular weight is 383 g/mol. The highest BCUT2D eigenvalue weighted by Crippen LogP contribution is 2.27. The van der Waals surface area contributed by atoms with E-state index >= 15 is 0 Å². The SMILES string of the molecule is Cc1cc(CC(=O)N2CCC(c3nnc(Cn4ccnc4C)n3C)CC2)on1. The van der Waals surface area contributed by atoms with Crippen LogP contribution in [0.25, 0.3) is 0 Å². The number of aromatic nitrogens is 6. The van der Waals surface area contributed by atoms with Gasteiger partial charge < -0.3 is 18.6 Å². The molecule has 1 fully saturated rings. The summed E-state index contributed by atoms with van der Waals surface area (Å²) in [5, 5.41) is 12.7. The van der Waals surface area contributed by atoms with Gasteiger partial charge in [0.25, 0.3) is 0 Å². The van der Waals surface area contributed by atoms with Crippen molar-refractivity contribution in [3.05, 3.63) is 47.4 Å². The Kier molecular flexibility index (Phi) is 4.97. The molecule has 9 nitrogen and oxygen atoms in total. The van der Waals surface area contributed by atoms with E-state index < -0.39 is 0 Å². The van der Waals surface area contributed by atoms with E-state index in [0.717, 1.165) is 49.1 Å². The third kappa shape index (κ3) is 3.69. The zero-order valence-corrected chi connectivity index (χ0v) is 16.5. The van der Waals surface area contributed by atoms with Crippen LogP contribution in [0.3, 0.4) is 0 Å². The van der Waals surface area contributed by atoms with Gasteiger partial charge in [0.05, 0.1) is 18.7 Å². The first kappa shape index (κ1) is 18.4. The lowest BCUT2D eigenvalue weighted by molar-refractivity contribution is -0.131. The van der Waals surface area contributed by atoms with Crippen molar-refractivity contribution in [3.63, 3.8) is 0 Å². The van der Waals surface area contributed by atoms with Crippen molar-refractivity contribution in [1.82, 2.24) is 34.4 Å². The predicted octanol–water partition coefficient (Wildman–Crippen LogP) is 1.61. The van der Waals surface area contributed by atoms with E-state index in [1.165, 1.54) is 0 Å². The lowest BCUT2D eigenvalue weighted by atomic mass is 9.95. The van der Waals surface area contributed by atoms with Crippen LogP contribution in [0, 0.1) is 13.8 Å². The zero-order valence-electron chi connectivity index (χ0n) is 16.5. The molecule has 0 bridgehead atoms. The van der Waals surface area contributed by atoms with Gasteiger partial charge in [-0.3, -0.25) is 4.79 Å². The van der Waals surface area contributed by atoms with Gasteiger partial charge in [-0.2, -0.15) is 0 Å². The van der Waals surface area contributed by atoms with Crippen LogP contribution < -0.4 is 0 Å². The number of carbonyl (C=O) groups is 1. The Morgan fingerprint density at radius 2 is 2.04 bits per heavy atom. The molecule has 1 aliphatic heterocycles. The second kappa shape index (κ2) is 7.57. The summed E-state index contributed by atoms with van der Waals surface area (Å²) in [7, 11) is 2.01. The van der Waals surface area contributed by atoms with Gasteiger partial charge in [-0.15, -0.1) is 10.2 Å². The summed E-state index contributed by atoms with van der Waals surface area (Å²) >= 11 is 0. The molecule has 0 N–H and O–H groups in total. The van der Waals surface area contributed by atoms with Crippen molar-refractivity contribution in [3.8, 4) is 0 Å². The normalized spacial score (nSPS) is 15.3. The van der Waals surface area contributed by atoms with Crippen LogP contribution >= 0.6 is 0 Å². The molecule has 0 unspecified atom stereocenters. The van der Waals surface area contributed by atoms with Crippen LogP contribution in [0.1, 0.15) is 47.7 Å². The molecule has 3 aromatic heterocycles. The summed E-state index contributed by atoms with van der Waals surface area (Å²) in [5.74, 6) is 3.88. The number of nitrogens with zero attached hydrogens (tertiary/aromatic N) is 7. The second-order valence-corrected chi connectivity index (χ2v) is 7.40.